The highest BCUT2D eigenvalue weighted by Gasteiger charge is 2.21. The van der Waals surface area contributed by atoms with E-state index in [1.54, 1.807) is 0 Å². The van der Waals surface area contributed by atoms with Crippen molar-refractivity contribution in [2.24, 2.45) is 0 Å². The van der Waals surface area contributed by atoms with Crippen LogP contribution in [0, 0.1) is 22.0 Å². The third kappa shape index (κ3) is 1.29. The Hall–Kier alpha value is -1.79. The molecule has 0 atom stereocenters. The zero-order valence-electron chi connectivity index (χ0n) is 5.62. The molecule has 0 saturated heterocycles. The molecule has 5 nitrogen and oxygen atoms in total. The second-order valence-electron chi connectivity index (χ2n) is 1.93. The van der Waals surface area contributed by atoms with Crippen molar-refractivity contribution < 1.29 is 13.7 Å². The number of nitrogens with two attached hydrogens (primary N) is 1. The van der Waals surface area contributed by atoms with E-state index in [9.17, 15) is 18.9 Å². The summed E-state index contributed by atoms with van der Waals surface area (Å²) in [4.78, 5) is 11.6. The van der Waals surface area contributed by atoms with Crippen molar-refractivity contribution >= 4 is 11.4 Å². The van der Waals surface area contributed by atoms with Crippen molar-refractivity contribution in [2.45, 2.75) is 0 Å². The minimum Gasteiger partial charge on any atom is -0.393 e. The van der Waals surface area contributed by atoms with Crippen LogP contribution >= 0.6 is 0 Å². The summed E-state index contributed by atoms with van der Waals surface area (Å²) in [5.74, 6) is -2.70. The predicted octanol–water partition coefficient (Wildman–Crippen LogP) is 0.850. The van der Waals surface area contributed by atoms with Gasteiger partial charge in [0.1, 0.15) is 5.69 Å². The molecule has 0 unspecified atom stereocenters. The van der Waals surface area contributed by atoms with Gasteiger partial charge >= 0.3 is 5.69 Å². The lowest BCUT2D eigenvalue weighted by Gasteiger charge is -1.96. The van der Waals surface area contributed by atoms with Gasteiger partial charge in [0.2, 0.25) is 5.95 Å². The average Bonchev–Trinajstić information content (AvgIpc) is 1.82. The van der Waals surface area contributed by atoms with E-state index in [4.69, 9.17) is 5.73 Å². The number of halogens is 2. The summed E-state index contributed by atoms with van der Waals surface area (Å²) in [6.45, 7) is 0. The summed E-state index contributed by atoms with van der Waals surface area (Å²) >= 11 is 0. The molecule has 2 N–H and O–H groups in total. The number of pyridine rings is 1. The van der Waals surface area contributed by atoms with Gasteiger partial charge in [-0.05, 0) is 0 Å². The number of nitrogens with zero attached hydrogens (tertiary/aromatic N) is 2. The topological polar surface area (TPSA) is 82.0 Å². The van der Waals surface area contributed by atoms with E-state index in [0.717, 1.165) is 0 Å². The van der Waals surface area contributed by atoms with Crippen molar-refractivity contribution in [2.75, 3.05) is 5.73 Å². The first-order valence-electron chi connectivity index (χ1n) is 2.78. The van der Waals surface area contributed by atoms with Gasteiger partial charge in [-0.15, -0.1) is 0 Å². The van der Waals surface area contributed by atoms with Crippen LogP contribution in [-0.2, 0) is 0 Å². The number of aromatic nitrogens is 1. The molecule has 7 heteroatoms. The minimum absolute atomic E-state index is 0.579. The van der Waals surface area contributed by atoms with Crippen LogP contribution in [0.25, 0.3) is 0 Å². The maximum absolute atomic E-state index is 12.5. The molecule has 1 rings (SSSR count). The predicted molar refractivity (Wildman–Crippen MR) is 35.2 cm³/mol. The van der Waals surface area contributed by atoms with Crippen molar-refractivity contribution in [3.63, 3.8) is 0 Å². The van der Waals surface area contributed by atoms with E-state index in [0.29, 0.717) is 6.07 Å². The molecule has 0 aliphatic carbocycles. The van der Waals surface area contributed by atoms with E-state index in [1.165, 1.54) is 0 Å². The van der Waals surface area contributed by atoms with Gasteiger partial charge in [-0.1, -0.05) is 0 Å². The Morgan fingerprint density at radius 1 is 1.58 bits per heavy atom. The van der Waals surface area contributed by atoms with Gasteiger partial charge in [0, 0.05) is 6.07 Å². The molecular weight excluding hydrogens is 172 g/mol. The fraction of sp³-hybridized carbons (Fsp3) is 0. The molecule has 0 spiro atoms. The van der Waals surface area contributed by atoms with E-state index in [2.05, 4.69) is 4.98 Å². The van der Waals surface area contributed by atoms with Crippen LogP contribution in [0.2, 0.25) is 0 Å². The van der Waals surface area contributed by atoms with Crippen LogP contribution in [0.4, 0.5) is 20.2 Å². The molecule has 0 aliphatic heterocycles. The van der Waals surface area contributed by atoms with Gasteiger partial charge in [0.25, 0.3) is 5.95 Å². The summed E-state index contributed by atoms with van der Waals surface area (Å²) in [6.07, 6.45) is 0. The number of anilines is 1. The third-order valence-corrected chi connectivity index (χ3v) is 1.13. The normalized spacial score (nSPS) is 9.83. The van der Waals surface area contributed by atoms with Crippen molar-refractivity contribution in [1.82, 2.24) is 4.98 Å². The smallest absolute Gasteiger partial charge is 0.346 e. The van der Waals surface area contributed by atoms with Crippen LogP contribution < -0.4 is 5.73 Å². The largest absolute Gasteiger partial charge is 0.393 e. The lowest BCUT2D eigenvalue weighted by atomic mass is 10.3. The van der Waals surface area contributed by atoms with Crippen LogP contribution in [0.5, 0.6) is 0 Å². The fourth-order valence-corrected chi connectivity index (χ4v) is 0.676. The van der Waals surface area contributed by atoms with Gasteiger partial charge in [-0.3, -0.25) is 10.1 Å². The Morgan fingerprint density at radius 3 is 2.58 bits per heavy atom. The summed E-state index contributed by atoms with van der Waals surface area (Å²) in [5, 5.41) is 10.1. The summed E-state index contributed by atoms with van der Waals surface area (Å²) in [6, 6.07) is 0.585. The highest BCUT2D eigenvalue weighted by atomic mass is 19.1. The SMILES string of the molecule is Nc1cc(F)nc(F)c1[N+](=O)[O-]. The molecule has 0 aromatic carbocycles. The monoisotopic (exact) mass is 175 g/mol. The van der Waals surface area contributed by atoms with E-state index < -0.39 is 28.2 Å². The molecule has 0 fully saturated rings. The Balaban J connectivity index is 3.38. The number of nitro groups is 1. The van der Waals surface area contributed by atoms with E-state index in [-0.39, 0.29) is 0 Å². The highest BCUT2D eigenvalue weighted by molar-refractivity contribution is 5.56. The first-order valence-corrected chi connectivity index (χ1v) is 2.78. The van der Waals surface area contributed by atoms with Crippen LogP contribution in [0.1, 0.15) is 0 Å². The number of nitrogen functional groups attached to an aromatic ring is 1. The summed E-state index contributed by atoms with van der Waals surface area (Å²) in [5.41, 5.74) is 3.38. The molecule has 1 aromatic heterocycles. The lowest BCUT2D eigenvalue weighted by Crippen LogP contribution is -2.02. The van der Waals surface area contributed by atoms with E-state index in [1.807, 2.05) is 0 Å². The molecule has 1 heterocycles. The highest BCUT2D eigenvalue weighted by Crippen LogP contribution is 2.23. The van der Waals surface area contributed by atoms with Gasteiger partial charge in [-0.2, -0.15) is 13.8 Å². The zero-order chi connectivity index (χ0) is 9.30. The molecule has 64 valence electrons. The van der Waals surface area contributed by atoms with Crippen molar-refractivity contribution in [3.8, 4) is 0 Å². The molecule has 12 heavy (non-hydrogen) atoms. The Morgan fingerprint density at radius 2 is 2.17 bits per heavy atom. The number of hydrogen-bond donors (Lipinski definition) is 1. The second-order valence-corrected chi connectivity index (χ2v) is 1.93. The molecular formula is C5H3F2N3O2. The standard InChI is InChI=1S/C5H3F2N3O2/c6-3-1-2(8)4(10(11)12)5(7)9-3/h1H,(H2,8,9). The zero-order valence-corrected chi connectivity index (χ0v) is 5.62. The van der Waals surface area contributed by atoms with Gasteiger partial charge in [0.05, 0.1) is 4.92 Å². The fourth-order valence-electron chi connectivity index (χ4n) is 0.676. The quantitative estimate of drug-likeness (QED) is 0.389. The third-order valence-electron chi connectivity index (χ3n) is 1.13. The van der Waals surface area contributed by atoms with Crippen molar-refractivity contribution in [3.05, 3.63) is 28.1 Å². The first-order chi connectivity index (χ1) is 5.52. The van der Waals surface area contributed by atoms with Gasteiger partial charge < -0.3 is 5.73 Å². The van der Waals surface area contributed by atoms with Crippen molar-refractivity contribution in [1.29, 1.82) is 0 Å². The maximum atomic E-state index is 12.5. The molecule has 0 amide bonds. The maximum Gasteiger partial charge on any atom is 0.346 e. The summed E-state index contributed by atoms with van der Waals surface area (Å²) in [7, 11) is 0. The molecule has 0 bridgehead atoms. The van der Waals surface area contributed by atoms with Crippen LogP contribution in [-0.4, -0.2) is 9.91 Å². The molecule has 0 radical (unpaired) electrons. The van der Waals surface area contributed by atoms with E-state index >= 15 is 0 Å². The number of hydrogen-bond acceptors (Lipinski definition) is 4. The Kier molecular flexibility index (Phi) is 1.86. The molecule has 0 saturated carbocycles. The summed E-state index contributed by atoms with van der Waals surface area (Å²) < 4.78 is 24.7. The molecule has 0 aliphatic rings. The average molecular weight is 175 g/mol. The van der Waals surface area contributed by atoms with Gasteiger partial charge in [0.15, 0.2) is 0 Å². The lowest BCUT2D eigenvalue weighted by molar-refractivity contribution is -0.387. The van der Waals surface area contributed by atoms with Gasteiger partial charge in [-0.25, -0.2) is 0 Å². The first kappa shape index (κ1) is 8.31. The van der Waals surface area contributed by atoms with Crippen LogP contribution in [0.15, 0.2) is 6.07 Å². The molecule has 1 aromatic rings. The number of rotatable bonds is 1. The van der Waals surface area contributed by atoms with Crippen LogP contribution in [0.3, 0.4) is 0 Å². The Labute approximate surface area is 65.0 Å². The second kappa shape index (κ2) is 2.68. The minimum atomic E-state index is -1.52. The Bertz CT molecular complexity index is 318.